The van der Waals surface area contributed by atoms with Gasteiger partial charge in [0.25, 0.3) is 0 Å². The van der Waals surface area contributed by atoms with Crippen LogP contribution in [-0.2, 0) is 9.84 Å². The van der Waals surface area contributed by atoms with Crippen molar-refractivity contribution in [3.05, 3.63) is 11.9 Å². The van der Waals surface area contributed by atoms with E-state index in [0.717, 1.165) is 12.8 Å². The van der Waals surface area contributed by atoms with E-state index in [1.54, 1.807) is 0 Å². The molecule has 0 aliphatic rings. The van der Waals surface area contributed by atoms with Crippen LogP contribution in [0.1, 0.15) is 30.3 Å². The maximum Gasteiger partial charge on any atom is 0.358 e. The van der Waals surface area contributed by atoms with E-state index >= 15 is 0 Å². The summed E-state index contributed by atoms with van der Waals surface area (Å²) in [6.45, 7) is 2.37. The molecule has 1 aromatic rings. The molecule has 5 heteroatoms. The van der Waals surface area contributed by atoms with E-state index in [-0.39, 0.29) is 5.69 Å². The Hall–Kier alpha value is -1.52. The Balaban J connectivity index is 2.40. The zero-order valence-electron chi connectivity index (χ0n) is 7.37. The third kappa shape index (κ3) is 2.77. The fourth-order valence-electron chi connectivity index (χ4n) is 0.792. The van der Waals surface area contributed by atoms with E-state index < -0.39 is 12.0 Å². The number of aromatic nitrogens is 2. The number of hydrogen-bond donors (Lipinski definition) is 1. The molecular weight excluding hydrogens is 172 g/mol. The van der Waals surface area contributed by atoms with Crippen LogP contribution in [0, 0.1) is 0 Å². The smallest absolute Gasteiger partial charge is 0.358 e. The second-order valence-corrected chi connectivity index (χ2v) is 2.58. The summed E-state index contributed by atoms with van der Waals surface area (Å²) in [5.41, 5.74) is 0.0427. The van der Waals surface area contributed by atoms with E-state index in [0.29, 0.717) is 6.61 Å². The number of hydrogen-bond acceptors (Lipinski definition) is 3. The minimum absolute atomic E-state index is 0.0427. The molecule has 0 saturated carbocycles. The lowest BCUT2D eigenvalue weighted by Crippen LogP contribution is -2.06. The summed E-state index contributed by atoms with van der Waals surface area (Å²) in [5, 5.41) is 10.6. The molecule has 0 spiro atoms. The van der Waals surface area contributed by atoms with E-state index in [2.05, 4.69) is 9.97 Å². The standard InChI is InChI=1S/C8H11N2O3/c1-2-3-4-13-7(11)6-5-9-8(12)10-6/h5H,2-4H2,1H3,(H,9,10). The Bertz CT molecular complexity index is 283. The first-order valence-corrected chi connectivity index (χ1v) is 4.13. The number of nitrogens with zero attached hydrogens (tertiary/aromatic N) is 1. The second-order valence-electron chi connectivity index (χ2n) is 2.58. The largest absolute Gasteiger partial charge is 0.461 e. The van der Waals surface area contributed by atoms with Gasteiger partial charge in [0, 0.05) is 6.20 Å². The number of imidazole rings is 1. The number of rotatable bonds is 4. The Labute approximate surface area is 75.8 Å². The topological polar surface area (TPSA) is 74.9 Å². The molecule has 1 aromatic heterocycles. The minimum Gasteiger partial charge on any atom is -0.461 e. The highest BCUT2D eigenvalue weighted by Gasteiger charge is 2.11. The molecule has 0 bridgehead atoms. The summed E-state index contributed by atoms with van der Waals surface area (Å²) in [6.07, 6.45) is 3.03. The van der Waals surface area contributed by atoms with E-state index in [1.165, 1.54) is 6.20 Å². The number of carbonyl (C=O) groups is 1. The molecule has 1 N–H and O–H groups in total. The normalized spacial score (nSPS) is 9.92. The van der Waals surface area contributed by atoms with Crippen LogP contribution in [0.3, 0.4) is 0 Å². The monoisotopic (exact) mass is 183 g/mol. The summed E-state index contributed by atoms with van der Waals surface area (Å²) >= 11 is 0. The maximum absolute atomic E-state index is 11.1. The van der Waals surface area contributed by atoms with Crippen LogP contribution in [0.25, 0.3) is 0 Å². The molecule has 1 radical (unpaired) electrons. The van der Waals surface area contributed by atoms with Crippen LogP contribution < -0.4 is 0 Å². The number of carbonyl (C=O) groups excluding carboxylic acids is 1. The SMILES string of the molecule is CCCCOC(=O)c1c[nH]c([O])n1. The van der Waals surface area contributed by atoms with Gasteiger partial charge in [-0.15, -0.1) is 0 Å². The molecule has 1 rings (SSSR count). The number of nitrogens with one attached hydrogen (secondary N) is 1. The predicted molar refractivity (Wildman–Crippen MR) is 43.9 cm³/mol. The average Bonchev–Trinajstić information content (AvgIpc) is 2.52. The van der Waals surface area contributed by atoms with Gasteiger partial charge in [0.15, 0.2) is 5.69 Å². The van der Waals surface area contributed by atoms with Crippen LogP contribution in [0.2, 0.25) is 0 Å². The van der Waals surface area contributed by atoms with E-state index in [1.807, 2.05) is 6.92 Å². The number of ether oxygens (including phenoxy) is 1. The molecule has 0 aliphatic heterocycles. The molecule has 13 heavy (non-hydrogen) atoms. The quantitative estimate of drug-likeness (QED) is 0.567. The predicted octanol–water partition coefficient (Wildman–Crippen LogP) is 1.51. The summed E-state index contributed by atoms with van der Waals surface area (Å²) in [7, 11) is 0. The molecule has 71 valence electrons. The Kier molecular flexibility index (Phi) is 3.31. The highest BCUT2D eigenvalue weighted by molar-refractivity contribution is 5.87. The van der Waals surface area contributed by atoms with Crippen molar-refractivity contribution in [2.24, 2.45) is 0 Å². The Morgan fingerprint density at radius 1 is 1.69 bits per heavy atom. The van der Waals surface area contributed by atoms with Crippen LogP contribution in [0.15, 0.2) is 6.20 Å². The van der Waals surface area contributed by atoms with Crippen molar-refractivity contribution in [3.63, 3.8) is 0 Å². The van der Waals surface area contributed by atoms with Crippen molar-refractivity contribution >= 4 is 5.97 Å². The van der Waals surface area contributed by atoms with Gasteiger partial charge >= 0.3 is 12.0 Å². The fourth-order valence-corrected chi connectivity index (χ4v) is 0.792. The van der Waals surface area contributed by atoms with Gasteiger partial charge in [-0.3, -0.25) is 0 Å². The van der Waals surface area contributed by atoms with E-state index in [4.69, 9.17) is 4.74 Å². The summed E-state index contributed by atoms with van der Waals surface area (Å²) < 4.78 is 4.82. The first kappa shape index (κ1) is 9.57. The maximum atomic E-state index is 11.1. The molecule has 0 saturated heterocycles. The van der Waals surface area contributed by atoms with Gasteiger partial charge in [-0.05, 0) is 6.42 Å². The molecule has 0 aromatic carbocycles. The summed E-state index contributed by atoms with van der Waals surface area (Å²) in [4.78, 5) is 16.8. The molecule has 0 unspecified atom stereocenters. The van der Waals surface area contributed by atoms with Crippen molar-refractivity contribution in [2.75, 3.05) is 6.61 Å². The van der Waals surface area contributed by atoms with Crippen LogP contribution in [-0.4, -0.2) is 22.5 Å². The summed E-state index contributed by atoms with van der Waals surface area (Å²) in [6, 6.07) is -0.526. The molecule has 0 atom stereocenters. The lowest BCUT2D eigenvalue weighted by atomic mass is 10.4. The van der Waals surface area contributed by atoms with Gasteiger partial charge in [0.05, 0.1) is 6.61 Å². The summed E-state index contributed by atoms with van der Waals surface area (Å²) in [5.74, 6) is -0.549. The van der Waals surface area contributed by atoms with Gasteiger partial charge in [0.1, 0.15) is 0 Å². The zero-order valence-corrected chi connectivity index (χ0v) is 7.37. The Morgan fingerprint density at radius 3 is 3.00 bits per heavy atom. The molecular formula is C8H11N2O3. The third-order valence-corrected chi connectivity index (χ3v) is 1.49. The highest BCUT2D eigenvalue weighted by Crippen LogP contribution is 2.04. The van der Waals surface area contributed by atoms with Crippen molar-refractivity contribution < 1.29 is 14.6 Å². The minimum atomic E-state index is -0.549. The molecule has 0 fully saturated rings. The lowest BCUT2D eigenvalue weighted by molar-refractivity contribution is 0.0492. The van der Waals surface area contributed by atoms with Gasteiger partial charge in [0.2, 0.25) is 0 Å². The van der Waals surface area contributed by atoms with Crippen LogP contribution in [0.5, 0.6) is 6.01 Å². The first-order chi connectivity index (χ1) is 6.24. The number of H-pyrrole nitrogens is 1. The van der Waals surface area contributed by atoms with Crippen molar-refractivity contribution in [1.29, 1.82) is 0 Å². The first-order valence-electron chi connectivity index (χ1n) is 4.13. The second kappa shape index (κ2) is 4.49. The van der Waals surface area contributed by atoms with Crippen molar-refractivity contribution in [2.45, 2.75) is 19.8 Å². The molecule has 5 nitrogen and oxygen atoms in total. The Morgan fingerprint density at radius 2 is 2.46 bits per heavy atom. The lowest BCUT2D eigenvalue weighted by Gasteiger charge is -1.99. The number of aromatic amines is 1. The zero-order chi connectivity index (χ0) is 9.68. The fraction of sp³-hybridized carbons (Fsp3) is 0.500. The van der Waals surface area contributed by atoms with Crippen LogP contribution in [0.4, 0.5) is 0 Å². The number of unbranched alkanes of at least 4 members (excludes halogenated alkanes) is 1. The van der Waals surface area contributed by atoms with Crippen molar-refractivity contribution in [3.8, 4) is 6.01 Å². The van der Waals surface area contributed by atoms with Gasteiger partial charge in [-0.25, -0.2) is 9.90 Å². The highest BCUT2D eigenvalue weighted by atomic mass is 16.5. The molecule has 1 heterocycles. The van der Waals surface area contributed by atoms with Gasteiger partial charge < -0.3 is 9.72 Å². The molecule has 0 aliphatic carbocycles. The van der Waals surface area contributed by atoms with E-state index in [9.17, 15) is 9.90 Å². The van der Waals surface area contributed by atoms with Gasteiger partial charge in [-0.1, -0.05) is 13.3 Å². The third-order valence-electron chi connectivity index (χ3n) is 1.49. The van der Waals surface area contributed by atoms with Crippen LogP contribution >= 0.6 is 0 Å². The molecule has 0 amide bonds. The van der Waals surface area contributed by atoms with Gasteiger partial charge in [-0.2, -0.15) is 4.98 Å². The average molecular weight is 183 g/mol. The number of esters is 1. The van der Waals surface area contributed by atoms with Crippen molar-refractivity contribution in [1.82, 2.24) is 9.97 Å².